The molecule has 0 unspecified atom stereocenters. The van der Waals surface area contributed by atoms with Crippen LogP contribution in [-0.4, -0.2) is 27.5 Å². The zero-order chi connectivity index (χ0) is 17.8. The SMILES string of the molecule is C[C@H](C(=O)Sc1ccccc1)[C@H](O)CCCCCCCC[C@@H](C)O. The van der Waals surface area contributed by atoms with E-state index in [9.17, 15) is 15.0 Å². The molecule has 0 bridgehead atoms. The quantitative estimate of drug-likeness (QED) is 0.419. The van der Waals surface area contributed by atoms with Gasteiger partial charge in [-0.15, -0.1) is 0 Å². The van der Waals surface area contributed by atoms with Crippen molar-refractivity contribution < 1.29 is 15.0 Å². The maximum Gasteiger partial charge on any atom is 0.199 e. The van der Waals surface area contributed by atoms with E-state index in [4.69, 9.17) is 0 Å². The van der Waals surface area contributed by atoms with Gasteiger partial charge in [0.05, 0.1) is 18.1 Å². The van der Waals surface area contributed by atoms with Crippen molar-refractivity contribution in [2.24, 2.45) is 5.92 Å². The van der Waals surface area contributed by atoms with Crippen molar-refractivity contribution >= 4 is 16.9 Å². The second-order valence-corrected chi connectivity index (χ2v) is 7.72. The Kier molecular flexibility index (Phi) is 11.1. The van der Waals surface area contributed by atoms with Gasteiger partial charge < -0.3 is 10.2 Å². The molecular formula is C20H32O3S. The maximum atomic E-state index is 12.2. The summed E-state index contributed by atoms with van der Waals surface area (Å²) in [6.45, 7) is 3.65. The Morgan fingerprint density at radius 3 is 2.04 bits per heavy atom. The zero-order valence-corrected chi connectivity index (χ0v) is 15.8. The summed E-state index contributed by atoms with van der Waals surface area (Å²) in [6, 6.07) is 9.59. The highest BCUT2D eigenvalue weighted by molar-refractivity contribution is 8.13. The van der Waals surface area contributed by atoms with Crippen LogP contribution in [0.25, 0.3) is 0 Å². The molecule has 0 heterocycles. The van der Waals surface area contributed by atoms with Crippen LogP contribution in [0.2, 0.25) is 0 Å². The van der Waals surface area contributed by atoms with Crippen molar-refractivity contribution in [2.45, 2.75) is 82.3 Å². The molecule has 4 heteroatoms. The lowest BCUT2D eigenvalue weighted by atomic mass is 9.99. The summed E-state index contributed by atoms with van der Waals surface area (Å²) in [5.74, 6) is -0.332. The van der Waals surface area contributed by atoms with Gasteiger partial charge in [0.25, 0.3) is 0 Å². The van der Waals surface area contributed by atoms with Gasteiger partial charge in [0.1, 0.15) is 0 Å². The molecule has 3 atom stereocenters. The van der Waals surface area contributed by atoms with Gasteiger partial charge in [-0.3, -0.25) is 4.79 Å². The van der Waals surface area contributed by atoms with Crippen molar-refractivity contribution in [3.8, 4) is 0 Å². The summed E-state index contributed by atoms with van der Waals surface area (Å²) in [5, 5.41) is 19.4. The van der Waals surface area contributed by atoms with Gasteiger partial charge in [-0.05, 0) is 31.9 Å². The van der Waals surface area contributed by atoms with E-state index in [2.05, 4.69) is 0 Å². The lowest BCUT2D eigenvalue weighted by Gasteiger charge is -2.17. The maximum absolute atomic E-state index is 12.2. The summed E-state index contributed by atoms with van der Waals surface area (Å²) in [4.78, 5) is 13.1. The average Bonchev–Trinajstić information content (AvgIpc) is 2.56. The molecule has 3 nitrogen and oxygen atoms in total. The van der Waals surface area contributed by atoms with E-state index in [1.165, 1.54) is 18.2 Å². The Morgan fingerprint density at radius 2 is 1.46 bits per heavy atom. The van der Waals surface area contributed by atoms with E-state index < -0.39 is 6.10 Å². The van der Waals surface area contributed by atoms with Gasteiger partial charge in [-0.1, -0.05) is 75.4 Å². The second kappa shape index (κ2) is 12.5. The molecule has 0 saturated heterocycles. The molecule has 0 aliphatic heterocycles. The smallest absolute Gasteiger partial charge is 0.199 e. The fourth-order valence-electron chi connectivity index (χ4n) is 2.61. The number of rotatable bonds is 12. The summed E-state index contributed by atoms with van der Waals surface area (Å²) < 4.78 is 0. The Morgan fingerprint density at radius 1 is 0.917 bits per heavy atom. The molecule has 0 aromatic heterocycles. The third kappa shape index (κ3) is 9.45. The highest BCUT2D eigenvalue weighted by Crippen LogP contribution is 2.25. The summed E-state index contributed by atoms with van der Waals surface area (Å²) in [6.07, 6.45) is 7.49. The molecule has 136 valence electrons. The van der Waals surface area contributed by atoms with Crippen molar-refractivity contribution in [3.05, 3.63) is 30.3 Å². The van der Waals surface area contributed by atoms with E-state index in [0.29, 0.717) is 6.42 Å². The predicted molar refractivity (Wildman–Crippen MR) is 101 cm³/mol. The van der Waals surface area contributed by atoms with E-state index in [-0.39, 0.29) is 17.1 Å². The monoisotopic (exact) mass is 352 g/mol. The number of thioether (sulfide) groups is 1. The molecule has 1 rings (SSSR count). The largest absolute Gasteiger partial charge is 0.393 e. The lowest BCUT2D eigenvalue weighted by Crippen LogP contribution is -2.23. The average molecular weight is 353 g/mol. The number of hydrogen-bond donors (Lipinski definition) is 2. The minimum Gasteiger partial charge on any atom is -0.393 e. The Bertz CT molecular complexity index is 447. The number of hydrogen-bond acceptors (Lipinski definition) is 4. The van der Waals surface area contributed by atoms with Crippen LogP contribution in [0.4, 0.5) is 0 Å². The van der Waals surface area contributed by atoms with Crippen LogP contribution < -0.4 is 0 Å². The van der Waals surface area contributed by atoms with Crippen molar-refractivity contribution in [1.29, 1.82) is 0 Å². The van der Waals surface area contributed by atoms with E-state index in [0.717, 1.165) is 43.4 Å². The van der Waals surface area contributed by atoms with E-state index >= 15 is 0 Å². The molecule has 2 N–H and O–H groups in total. The standard InChI is InChI=1S/C20H32O3S/c1-16(21)12-8-5-3-4-6-11-15-19(22)17(2)20(23)24-18-13-9-7-10-14-18/h7,9-10,13-14,16-17,19,21-22H,3-6,8,11-12,15H2,1-2H3/t16-,17+,19-/m1/s1. The Labute approximate surface area is 150 Å². The Balaban J connectivity index is 2.11. The summed E-state index contributed by atoms with van der Waals surface area (Å²) in [5.41, 5.74) is 0. The molecule has 1 aromatic rings. The number of unbranched alkanes of at least 4 members (excludes halogenated alkanes) is 5. The molecule has 0 fully saturated rings. The molecule has 0 saturated carbocycles. The lowest BCUT2D eigenvalue weighted by molar-refractivity contribution is -0.117. The predicted octanol–water partition coefficient (Wildman–Crippen LogP) is 4.80. The molecule has 0 amide bonds. The van der Waals surface area contributed by atoms with Gasteiger partial charge in [-0.2, -0.15) is 0 Å². The zero-order valence-electron chi connectivity index (χ0n) is 15.0. The van der Waals surface area contributed by atoms with E-state index in [1.807, 2.05) is 44.2 Å². The van der Waals surface area contributed by atoms with Crippen LogP contribution in [0.1, 0.15) is 65.2 Å². The fourth-order valence-corrected chi connectivity index (χ4v) is 3.47. The molecule has 0 spiro atoms. The number of aliphatic hydroxyl groups excluding tert-OH is 2. The first kappa shape index (κ1) is 21.2. The topological polar surface area (TPSA) is 57.5 Å². The van der Waals surface area contributed by atoms with Gasteiger partial charge in [0.15, 0.2) is 5.12 Å². The van der Waals surface area contributed by atoms with Crippen molar-refractivity contribution in [1.82, 2.24) is 0 Å². The number of carbonyl (C=O) groups excluding carboxylic acids is 1. The normalized spacial score (nSPS) is 15.0. The summed E-state index contributed by atoms with van der Waals surface area (Å²) in [7, 11) is 0. The molecule has 1 aromatic carbocycles. The third-order valence-electron chi connectivity index (χ3n) is 4.28. The van der Waals surface area contributed by atoms with Gasteiger partial charge >= 0.3 is 0 Å². The van der Waals surface area contributed by atoms with Crippen LogP contribution in [0, 0.1) is 5.92 Å². The number of benzene rings is 1. The van der Waals surface area contributed by atoms with Gasteiger partial charge in [-0.25, -0.2) is 0 Å². The fraction of sp³-hybridized carbons (Fsp3) is 0.650. The Hall–Kier alpha value is -0.840. The second-order valence-electron chi connectivity index (χ2n) is 6.64. The molecule has 0 aliphatic rings. The minimum absolute atomic E-state index is 0.0341. The first-order chi connectivity index (χ1) is 11.5. The molecular weight excluding hydrogens is 320 g/mol. The number of carbonyl (C=O) groups is 1. The van der Waals surface area contributed by atoms with Gasteiger partial charge in [0.2, 0.25) is 0 Å². The number of aliphatic hydroxyl groups is 2. The van der Waals surface area contributed by atoms with Crippen LogP contribution >= 0.6 is 11.8 Å². The third-order valence-corrected chi connectivity index (χ3v) is 5.36. The van der Waals surface area contributed by atoms with Crippen molar-refractivity contribution in [3.63, 3.8) is 0 Å². The van der Waals surface area contributed by atoms with Crippen LogP contribution in [0.15, 0.2) is 35.2 Å². The van der Waals surface area contributed by atoms with Gasteiger partial charge in [0, 0.05) is 4.90 Å². The molecule has 24 heavy (non-hydrogen) atoms. The van der Waals surface area contributed by atoms with Crippen LogP contribution in [0.5, 0.6) is 0 Å². The first-order valence-corrected chi connectivity index (χ1v) is 9.95. The van der Waals surface area contributed by atoms with E-state index in [1.54, 1.807) is 0 Å². The van der Waals surface area contributed by atoms with Crippen LogP contribution in [-0.2, 0) is 4.79 Å². The summed E-state index contributed by atoms with van der Waals surface area (Å²) >= 11 is 1.22. The molecule has 0 radical (unpaired) electrons. The highest BCUT2D eigenvalue weighted by Gasteiger charge is 2.22. The van der Waals surface area contributed by atoms with Crippen molar-refractivity contribution in [2.75, 3.05) is 0 Å². The minimum atomic E-state index is -0.552. The van der Waals surface area contributed by atoms with Crippen LogP contribution in [0.3, 0.4) is 0 Å². The highest BCUT2D eigenvalue weighted by atomic mass is 32.2. The first-order valence-electron chi connectivity index (χ1n) is 9.13. The molecule has 0 aliphatic carbocycles.